The molecule has 0 saturated heterocycles. The Morgan fingerprint density at radius 2 is 1.55 bits per heavy atom. The second-order valence-corrected chi connectivity index (χ2v) is 7.11. The number of carbonyl (C=O) groups excluding carboxylic acids is 1. The second-order valence-electron chi connectivity index (χ2n) is 7.11. The predicted octanol–water partition coefficient (Wildman–Crippen LogP) is 5.42. The largest absolute Gasteiger partial charge is 0.465 e. The molecule has 3 aromatic carbocycles. The highest BCUT2D eigenvalue weighted by atomic mass is 16.5. The first kappa shape index (κ1) is 17.3. The molecular formula is C25H20N2O2. The van der Waals surface area contributed by atoms with Gasteiger partial charge in [-0.1, -0.05) is 48.5 Å². The zero-order valence-corrected chi connectivity index (χ0v) is 16.1. The summed E-state index contributed by atoms with van der Waals surface area (Å²) in [4.78, 5) is 12.1. The highest BCUT2D eigenvalue weighted by Crippen LogP contribution is 2.33. The number of para-hydroxylation sites is 1. The molecule has 5 aromatic rings. The first-order valence-corrected chi connectivity index (χ1v) is 9.56. The predicted molar refractivity (Wildman–Crippen MR) is 116 cm³/mol. The van der Waals surface area contributed by atoms with Crippen LogP contribution in [0.3, 0.4) is 0 Å². The molecule has 0 spiro atoms. The monoisotopic (exact) mass is 380 g/mol. The van der Waals surface area contributed by atoms with Crippen molar-refractivity contribution in [3.05, 3.63) is 102 Å². The topological polar surface area (TPSA) is 36.2 Å². The van der Waals surface area contributed by atoms with Crippen molar-refractivity contribution in [2.45, 2.75) is 6.54 Å². The number of methoxy groups -OCH3 is 1. The fourth-order valence-electron chi connectivity index (χ4n) is 3.94. The van der Waals surface area contributed by atoms with Crippen molar-refractivity contribution in [1.29, 1.82) is 0 Å². The molecule has 0 saturated carbocycles. The number of hydrogen-bond acceptors (Lipinski definition) is 2. The van der Waals surface area contributed by atoms with Gasteiger partial charge in [0.2, 0.25) is 0 Å². The number of nitrogens with zero attached hydrogens (tertiary/aromatic N) is 2. The van der Waals surface area contributed by atoms with Crippen molar-refractivity contribution in [1.82, 2.24) is 9.13 Å². The highest BCUT2D eigenvalue weighted by Gasteiger charge is 2.16. The summed E-state index contributed by atoms with van der Waals surface area (Å²) >= 11 is 0. The van der Waals surface area contributed by atoms with Gasteiger partial charge in [-0.15, -0.1) is 0 Å². The summed E-state index contributed by atoms with van der Waals surface area (Å²) in [6.45, 7) is 0.794. The molecule has 0 radical (unpaired) electrons. The molecule has 4 nitrogen and oxygen atoms in total. The van der Waals surface area contributed by atoms with Crippen LogP contribution in [0.15, 0.2) is 91.3 Å². The summed E-state index contributed by atoms with van der Waals surface area (Å²) in [7, 11) is 1.41. The summed E-state index contributed by atoms with van der Waals surface area (Å²) in [5.41, 5.74) is 5.08. The fourth-order valence-corrected chi connectivity index (χ4v) is 3.94. The van der Waals surface area contributed by atoms with E-state index in [1.54, 1.807) is 0 Å². The molecule has 0 atom stereocenters. The molecule has 0 N–H and O–H groups in total. The number of benzene rings is 3. The standard InChI is InChI=1S/C25H20N2O2/c1-29-25(28)19-12-13-23-21(14-19)22-16-26(15-18-8-4-2-5-9-18)17-24(22)27(23)20-10-6-3-7-11-20/h2-14,16-17H,15H2,1H3. The van der Waals surface area contributed by atoms with E-state index in [0.717, 1.165) is 34.0 Å². The van der Waals surface area contributed by atoms with Gasteiger partial charge in [-0.05, 0) is 35.9 Å². The lowest BCUT2D eigenvalue weighted by Crippen LogP contribution is -2.01. The molecule has 2 aromatic heterocycles. The van der Waals surface area contributed by atoms with Crippen LogP contribution in [-0.2, 0) is 11.3 Å². The minimum atomic E-state index is -0.323. The van der Waals surface area contributed by atoms with Crippen LogP contribution in [0.5, 0.6) is 0 Å². The molecule has 142 valence electrons. The van der Waals surface area contributed by atoms with Gasteiger partial charge >= 0.3 is 5.97 Å². The Kier molecular flexibility index (Phi) is 4.17. The minimum absolute atomic E-state index is 0.323. The van der Waals surface area contributed by atoms with Gasteiger partial charge in [0.1, 0.15) is 0 Å². The Morgan fingerprint density at radius 3 is 2.28 bits per heavy atom. The van der Waals surface area contributed by atoms with Crippen LogP contribution in [-0.4, -0.2) is 22.2 Å². The van der Waals surface area contributed by atoms with E-state index in [1.807, 2.05) is 42.5 Å². The average Bonchev–Trinajstić information content (AvgIpc) is 3.30. The van der Waals surface area contributed by atoms with E-state index in [1.165, 1.54) is 12.7 Å². The first-order chi connectivity index (χ1) is 14.2. The zero-order chi connectivity index (χ0) is 19.8. The normalized spacial score (nSPS) is 11.2. The van der Waals surface area contributed by atoms with Crippen LogP contribution in [0, 0.1) is 0 Å². The van der Waals surface area contributed by atoms with Crippen molar-refractivity contribution >= 4 is 27.8 Å². The van der Waals surface area contributed by atoms with Crippen LogP contribution in [0.2, 0.25) is 0 Å². The summed E-state index contributed by atoms with van der Waals surface area (Å²) in [6.07, 6.45) is 4.33. The van der Waals surface area contributed by atoms with E-state index in [9.17, 15) is 4.79 Å². The molecular weight excluding hydrogens is 360 g/mol. The maximum Gasteiger partial charge on any atom is 0.337 e. The molecule has 0 fully saturated rings. The van der Waals surface area contributed by atoms with Crippen LogP contribution < -0.4 is 0 Å². The van der Waals surface area contributed by atoms with Gasteiger partial charge in [0, 0.05) is 35.4 Å². The lowest BCUT2D eigenvalue weighted by atomic mass is 10.1. The summed E-state index contributed by atoms with van der Waals surface area (Å²) < 4.78 is 9.36. The Bertz CT molecular complexity index is 1310. The van der Waals surface area contributed by atoms with Gasteiger partial charge < -0.3 is 13.9 Å². The number of esters is 1. The smallest absolute Gasteiger partial charge is 0.337 e. The third-order valence-corrected chi connectivity index (χ3v) is 5.27. The van der Waals surface area contributed by atoms with Crippen molar-refractivity contribution in [3.63, 3.8) is 0 Å². The van der Waals surface area contributed by atoms with Crippen LogP contribution in [0.25, 0.3) is 27.5 Å². The molecule has 0 aliphatic heterocycles. The molecule has 5 rings (SSSR count). The molecule has 2 heterocycles. The zero-order valence-electron chi connectivity index (χ0n) is 16.1. The number of carbonyl (C=O) groups is 1. The number of rotatable bonds is 4. The summed E-state index contributed by atoms with van der Waals surface area (Å²) in [5.74, 6) is -0.323. The molecule has 0 bridgehead atoms. The quantitative estimate of drug-likeness (QED) is 0.390. The molecule has 0 unspecified atom stereocenters. The van der Waals surface area contributed by atoms with E-state index in [-0.39, 0.29) is 5.97 Å². The molecule has 0 aliphatic rings. The SMILES string of the molecule is COC(=O)c1ccc2c(c1)c1cn(Cc3ccccc3)cc1n2-c1ccccc1. The molecule has 4 heteroatoms. The second kappa shape index (κ2) is 6.99. The van der Waals surface area contributed by atoms with Crippen molar-refractivity contribution < 1.29 is 9.53 Å². The van der Waals surface area contributed by atoms with Gasteiger partial charge in [0.15, 0.2) is 0 Å². The van der Waals surface area contributed by atoms with Gasteiger partial charge in [0.25, 0.3) is 0 Å². The number of fused-ring (bicyclic) bond motifs is 3. The molecule has 29 heavy (non-hydrogen) atoms. The Morgan fingerprint density at radius 1 is 0.828 bits per heavy atom. The Hall–Kier alpha value is -3.79. The van der Waals surface area contributed by atoms with Crippen LogP contribution >= 0.6 is 0 Å². The van der Waals surface area contributed by atoms with Crippen molar-refractivity contribution in [2.75, 3.05) is 7.11 Å². The maximum atomic E-state index is 12.1. The summed E-state index contributed by atoms with van der Waals surface area (Å²) in [6, 6.07) is 26.4. The Balaban J connectivity index is 1.74. The fraction of sp³-hybridized carbons (Fsp3) is 0.0800. The van der Waals surface area contributed by atoms with E-state index in [4.69, 9.17) is 4.74 Å². The third-order valence-electron chi connectivity index (χ3n) is 5.27. The number of aromatic nitrogens is 2. The van der Waals surface area contributed by atoms with E-state index < -0.39 is 0 Å². The number of hydrogen-bond donors (Lipinski definition) is 0. The maximum absolute atomic E-state index is 12.1. The van der Waals surface area contributed by atoms with Gasteiger partial charge in [-0.3, -0.25) is 0 Å². The van der Waals surface area contributed by atoms with E-state index in [2.05, 4.69) is 57.9 Å². The van der Waals surface area contributed by atoms with Crippen LogP contribution in [0.1, 0.15) is 15.9 Å². The van der Waals surface area contributed by atoms with E-state index >= 15 is 0 Å². The lowest BCUT2D eigenvalue weighted by molar-refractivity contribution is 0.0601. The third kappa shape index (κ3) is 2.99. The van der Waals surface area contributed by atoms with Crippen molar-refractivity contribution in [2.24, 2.45) is 0 Å². The summed E-state index contributed by atoms with van der Waals surface area (Å²) in [5, 5.41) is 2.16. The van der Waals surface area contributed by atoms with Gasteiger partial charge in [0.05, 0.1) is 23.7 Å². The van der Waals surface area contributed by atoms with E-state index in [0.29, 0.717) is 5.56 Å². The Labute approximate surface area is 168 Å². The minimum Gasteiger partial charge on any atom is -0.465 e. The number of ether oxygens (including phenoxy) is 1. The van der Waals surface area contributed by atoms with Gasteiger partial charge in [-0.25, -0.2) is 4.79 Å². The van der Waals surface area contributed by atoms with Gasteiger partial charge in [-0.2, -0.15) is 0 Å². The molecule has 0 aliphatic carbocycles. The lowest BCUT2D eigenvalue weighted by Gasteiger charge is -2.08. The van der Waals surface area contributed by atoms with Crippen LogP contribution in [0.4, 0.5) is 0 Å². The highest BCUT2D eigenvalue weighted by molar-refractivity contribution is 6.11. The average molecular weight is 380 g/mol. The molecule has 0 amide bonds. The van der Waals surface area contributed by atoms with Crippen molar-refractivity contribution in [3.8, 4) is 5.69 Å². The first-order valence-electron chi connectivity index (χ1n) is 9.56.